The van der Waals surface area contributed by atoms with E-state index < -0.39 is 18.4 Å². The van der Waals surface area contributed by atoms with Crippen LogP contribution in [0.4, 0.5) is 5.69 Å². The van der Waals surface area contributed by atoms with Gasteiger partial charge in [0, 0.05) is 6.20 Å². The molecular weight excluding hydrogens is 272 g/mol. The van der Waals surface area contributed by atoms with E-state index in [1.807, 2.05) is 13.0 Å². The number of nitrogens with zero attached hydrogens (tertiary/aromatic N) is 2. The molecule has 6 nitrogen and oxygen atoms in total. The number of rotatable bonds is 2. The molecule has 21 heavy (non-hydrogen) atoms. The Morgan fingerprint density at radius 3 is 2.95 bits per heavy atom. The second-order valence-electron chi connectivity index (χ2n) is 4.71. The summed E-state index contributed by atoms with van der Waals surface area (Å²) in [6.45, 7) is 1.42. The van der Waals surface area contributed by atoms with E-state index in [0.717, 1.165) is 5.56 Å². The third-order valence-electron chi connectivity index (χ3n) is 3.15. The quantitative estimate of drug-likeness (QED) is 0.914. The number of carboxylic acids is 1. The fraction of sp³-hybridized carbons (Fsp3) is 0.133. The van der Waals surface area contributed by atoms with Crippen LogP contribution in [-0.2, 0) is 4.79 Å². The normalized spacial score (nSPS) is 13.0. The highest BCUT2D eigenvalue weighted by atomic mass is 16.5. The third-order valence-corrected chi connectivity index (χ3v) is 3.15. The highest BCUT2D eigenvalue weighted by Crippen LogP contribution is 2.38. The smallest absolute Gasteiger partial charge is 0.323 e. The molecule has 0 bridgehead atoms. The lowest BCUT2D eigenvalue weighted by atomic mass is 10.1. The van der Waals surface area contributed by atoms with Crippen molar-refractivity contribution in [1.29, 1.82) is 0 Å². The SMILES string of the molecule is Cc1ccc2c(c1)N(CC(=O)O)C(=O)c1cccnc1O2. The second-order valence-corrected chi connectivity index (χ2v) is 4.71. The van der Waals surface area contributed by atoms with Crippen LogP contribution in [0.3, 0.4) is 0 Å². The minimum Gasteiger partial charge on any atom is -0.480 e. The molecule has 0 unspecified atom stereocenters. The molecule has 1 aliphatic rings. The van der Waals surface area contributed by atoms with Gasteiger partial charge in [0.1, 0.15) is 12.1 Å². The predicted octanol–water partition coefficient (Wildman–Crippen LogP) is 2.23. The van der Waals surface area contributed by atoms with Crippen LogP contribution in [0.1, 0.15) is 15.9 Å². The van der Waals surface area contributed by atoms with Gasteiger partial charge in [0.05, 0.1) is 5.69 Å². The lowest BCUT2D eigenvalue weighted by molar-refractivity contribution is -0.135. The van der Waals surface area contributed by atoms with Gasteiger partial charge in [-0.25, -0.2) is 4.98 Å². The van der Waals surface area contributed by atoms with E-state index in [2.05, 4.69) is 4.98 Å². The maximum atomic E-state index is 12.6. The van der Waals surface area contributed by atoms with Crippen molar-refractivity contribution >= 4 is 17.6 Å². The zero-order valence-corrected chi connectivity index (χ0v) is 11.2. The van der Waals surface area contributed by atoms with E-state index in [9.17, 15) is 9.59 Å². The molecule has 2 aromatic rings. The number of amides is 1. The van der Waals surface area contributed by atoms with Crippen molar-refractivity contribution in [3.05, 3.63) is 47.7 Å². The van der Waals surface area contributed by atoms with E-state index in [1.54, 1.807) is 24.3 Å². The average Bonchev–Trinajstić information content (AvgIpc) is 2.56. The molecule has 1 aromatic carbocycles. The number of aromatic nitrogens is 1. The van der Waals surface area contributed by atoms with Gasteiger partial charge in [-0.2, -0.15) is 0 Å². The van der Waals surface area contributed by atoms with Crippen molar-refractivity contribution in [1.82, 2.24) is 4.98 Å². The third kappa shape index (κ3) is 2.31. The molecule has 0 spiro atoms. The number of carbonyl (C=O) groups is 2. The van der Waals surface area contributed by atoms with Crippen LogP contribution in [0.25, 0.3) is 0 Å². The zero-order chi connectivity index (χ0) is 15.0. The number of hydrogen-bond donors (Lipinski definition) is 1. The Hall–Kier alpha value is -2.89. The topological polar surface area (TPSA) is 79.7 Å². The van der Waals surface area contributed by atoms with Crippen LogP contribution in [0, 0.1) is 6.92 Å². The van der Waals surface area contributed by atoms with Gasteiger partial charge in [-0.3, -0.25) is 14.5 Å². The molecule has 0 aliphatic carbocycles. The monoisotopic (exact) mass is 284 g/mol. The summed E-state index contributed by atoms with van der Waals surface area (Å²) >= 11 is 0. The summed E-state index contributed by atoms with van der Waals surface area (Å²) in [7, 11) is 0. The van der Waals surface area contributed by atoms with Crippen LogP contribution in [0.2, 0.25) is 0 Å². The number of aliphatic carboxylic acids is 1. The average molecular weight is 284 g/mol. The molecule has 0 saturated heterocycles. The Morgan fingerprint density at radius 2 is 2.19 bits per heavy atom. The molecule has 1 N–H and O–H groups in total. The van der Waals surface area contributed by atoms with Gasteiger partial charge in [-0.1, -0.05) is 6.07 Å². The molecule has 3 rings (SSSR count). The van der Waals surface area contributed by atoms with Gasteiger partial charge in [-0.05, 0) is 36.8 Å². The minimum absolute atomic E-state index is 0.181. The minimum atomic E-state index is -1.09. The summed E-state index contributed by atoms with van der Waals surface area (Å²) in [6, 6.07) is 8.44. The highest BCUT2D eigenvalue weighted by Gasteiger charge is 2.30. The van der Waals surface area contributed by atoms with Gasteiger partial charge in [0.25, 0.3) is 5.91 Å². The second kappa shape index (κ2) is 4.90. The molecule has 0 saturated carbocycles. The van der Waals surface area contributed by atoms with Crippen molar-refractivity contribution in [3.63, 3.8) is 0 Å². The molecule has 1 amide bonds. The van der Waals surface area contributed by atoms with Gasteiger partial charge in [0.2, 0.25) is 5.88 Å². The van der Waals surface area contributed by atoms with Gasteiger partial charge in [0.15, 0.2) is 5.75 Å². The number of anilines is 1. The number of carbonyl (C=O) groups excluding carboxylic acids is 1. The summed E-state index contributed by atoms with van der Waals surface area (Å²) in [5.41, 5.74) is 1.58. The summed E-state index contributed by atoms with van der Waals surface area (Å²) in [5, 5.41) is 9.07. The number of ether oxygens (including phenoxy) is 1. The molecule has 0 atom stereocenters. The largest absolute Gasteiger partial charge is 0.480 e. The Balaban J connectivity index is 2.21. The van der Waals surface area contributed by atoms with E-state index in [0.29, 0.717) is 11.4 Å². The Morgan fingerprint density at radius 1 is 1.38 bits per heavy atom. The Labute approximate surface area is 120 Å². The van der Waals surface area contributed by atoms with E-state index in [-0.39, 0.29) is 11.4 Å². The fourth-order valence-electron chi connectivity index (χ4n) is 2.21. The van der Waals surface area contributed by atoms with Crippen molar-refractivity contribution in [2.45, 2.75) is 6.92 Å². The van der Waals surface area contributed by atoms with E-state index in [4.69, 9.17) is 9.84 Å². The number of hydrogen-bond acceptors (Lipinski definition) is 4. The molecular formula is C15H12N2O4. The summed E-state index contributed by atoms with van der Waals surface area (Å²) in [4.78, 5) is 28.9. The molecule has 106 valence electrons. The predicted molar refractivity (Wildman–Crippen MR) is 74.8 cm³/mol. The first-order valence-electron chi connectivity index (χ1n) is 6.33. The van der Waals surface area contributed by atoms with E-state index in [1.165, 1.54) is 11.1 Å². The number of carboxylic acid groups (broad SMARTS) is 1. The molecule has 2 heterocycles. The maximum Gasteiger partial charge on any atom is 0.323 e. The lowest BCUT2D eigenvalue weighted by Crippen LogP contribution is -2.35. The van der Waals surface area contributed by atoms with Crippen molar-refractivity contribution < 1.29 is 19.4 Å². The highest BCUT2D eigenvalue weighted by molar-refractivity contribution is 6.11. The van der Waals surface area contributed by atoms with Crippen molar-refractivity contribution in [2.24, 2.45) is 0 Å². The van der Waals surface area contributed by atoms with Crippen LogP contribution in [0.5, 0.6) is 11.6 Å². The standard InChI is InChI=1S/C15H12N2O4/c1-9-4-5-12-11(7-9)17(8-13(18)19)15(20)10-3-2-6-16-14(10)21-12/h2-7H,8H2,1H3,(H,18,19). The van der Waals surface area contributed by atoms with Gasteiger partial charge < -0.3 is 9.84 Å². The molecule has 1 aliphatic heterocycles. The number of pyridine rings is 1. The van der Waals surface area contributed by atoms with Gasteiger partial charge >= 0.3 is 5.97 Å². The fourth-order valence-corrected chi connectivity index (χ4v) is 2.21. The van der Waals surface area contributed by atoms with E-state index >= 15 is 0 Å². The molecule has 0 radical (unpaired) electrons. The summed E-state index contributed by atoms with van der Waals surface area (Å²) in [6.07, 6.45) is 1.52. The first-order valence-corrected chi connectivity index (χ1v) is 6.33. The number of benzene rings is 1. The first kappa shape index (κ1) is 13.1. The number of fused-ring (bicyclic) bond motifs is 2. The molecule has 0 fully saturated rings. The Bertz CT molecular complexity index is 742. The van der Waals surface area contributed by atoms with Crippen LogP contribution in [-0.4, -0.2) is 28.5 Å². The first-order chi connectivity index (χ1) is 10.1. The zero-order valence-electron chi connectivity index (χ0n) is 11.2. The lowest BCUT2D eigenvalue weighted by Gasteiger charge is -2.20. The molecule has 6 heteroatoms. The van der Waals surface area contributed by atoms with Crippen LogP contribution < -0.4 is 9.64 Å². The van der Waals surface area contributed by atoms with Crippen LogP contribution in [0.15, 0.2) is 36.5 Å². The Kier molecular flexibility index (Phi) is 3.06. The van der Waals surface area contributed by atoms with Crippen molar-refractivity contribution in [3.8, 4) is 11.6 Å². The van der Waals surface area contributed by atoms with Crippen LogP contribution >= 0.6 is 0 Å². The maximum absolute atomic E-state index is 12.6. The van der Waals surface area contributed by atoms with Gasteiger partial charge in [-0.15, -0.1) is 0 Å². The molecule has 1 aromatic heterocycles. The summed E-state index contributed by atoms with van der Waals surface area (Å²) < 4.78 is 5.67. The van der Waals surface area contributed by atoms with Crippen molar-refractivity contribution in [2.75, 3.05) is 11.4 Å². The number of aryl methyl sites for hydroxylation is 1. The summed E-state index contributed by atoms with van der Waals surface area (Å²) in [5.74, 6) is -0.943.